The molecule has 21 heavy (non-hydrogen) atoms. The summed E-state index contributed by atoms with van der Waals surface area (Å²) in [5.74, 6) is -0.00144. The van der Waals surface area contributed by atoms with Gasteiger partial charge in [0.25, 0.3) is 5.91 Å². The molecule has 3 rings (SSSR count). The van der Waals surface area contributed by atoms with Crippen LogP contribution in [0.15, 0.2) is 12.1 Å². The first-order valence-corrected chi connectivity index (χ1v) is 8.60. The number of carbonyl (C=O) groups is 1. The zero-order valence-electron chi connectivity index (χ0n) is 12.2. The van der Waals surface area contributed by atoms with Gasteiger partial charge in [0.05, 0.1) is 14.6 Å². The molecule has 0 saturated carbocycles. The summed E-state index contributed by atoms with van der Waals surface area (Å²) >= 11 is 7.50. The number of thiophene rings is 1. The van der Waals surface area contributed by atoms with Gasteiger partial charge in [-0.2, -0.15) is 0 Å². The second-order valence-corrected chi connectivity index (χ2v) is 7.26. The van der Waals surface area contributed by atoms with Gasteiger partial charge in [0.1, 0.15) is 5.69 Å². The Labute approximate surface area is 133 Å². The predicted octanol–water partition coefficient (Wildman–Crippen LogP) is 3.11. The van der Waals surface area contributed by atoms with Gasteiger partial charge in [0, 0.05) is 13.6 Å². The van der Waals surface area contributed by atoms with Crippen LogP contribution in [0.4, 0.5) is 0 Å². The van der Waals surface area contributed by atoms with E-state index < -0.39 is 0 Å². The van der Waals surface area contributed by atoms with E-state index in [1.54, 1.807) is 0 Å². The molecule has 1 N–H and O–H groups in total. The third-order valence-corrected chi connectivity index (χ3v) is 5.27. The fraction of sp³-hybridized carbons (Fsp3) is 0.533. The van der Waals surface area contributed by atoms with E-state index in [2.05, 4.69) is 10.2 Å². The number of aromatic nitrogens is 1. The Bertz CT molecular complexity index is 643. The zero-order chi connectivity index (χ0) is 14.8. The maximum atomic E-state index is 12.2. The van der Waals surface area contributed by atoms with Crippen LogP contribution in [0.3, 0.4) is 0 Å². The smallest absolute Gasteiger partial charge is 0.267 e. The van der Waals surface area contributed by atoms with Crippen LogP contribution in [0.1, 0.15) is 29.8 Å². The number of amides is 1. The standard InChI is InChI=1S/C15H20ClN3OS/c1-18-11-10-14(16)21-13(11)9-12(18)15(20)17-5-4-8-19-6-2-3-7-19/h9-10H,2-8H2,1H3,(H,17,20). The number of carbonyl (C=O) groups excluding carboxylic acids is 1. The van der Waals surface area contributed by atoms with Gasteiger partial charge in [-0.05, 0) is 51.0 Å². The van der Waals surface area contributed by atoms with E-state index in [0.29, 0.717) is 5.69 Å². The summed E-state index contributed by atoms with van der Waals surface area (Å²) in [5, 5.41) is 3.01. The molecule has 1 saturated heterocycles. The van der Waals surface area contributed by atoms with E-state index >= 15 is 0 Å². The molecule has 4 nitrogen and oxygen atoms in total. The molecule has 0 atom stereocenters. The summed E-state index contributed by atoms with van der Waals surface area (Å²) in [7, 11) is 1.91. The lowest BCUT2D eigenvalue weighted by atomic mass is 10.3. The van der Waals surface area contributed by atoms with Crippen LogP contribution in [0.5, 0.6) is 0 Å². The fourth-order valence-corrected chi connectivity index (χ4v) is 4.11. The highest BCUT2D eigenvalue weighted by molar-refractivity contribution is 7.22. The summed E-state index contributed by atoms with van der Waals surface area (Å²) in [4.78, 5) is 14.7. The molecule has 1 aliphatic rings. The van der Waals surface area contributed by atoms with Gasteiger partial charge < -0.3 is 14.8 Å². The first-order chi connectivity index (χ1) is 10.1. The Morgan fingerprint density at radius 1 is 1.38 bits per heavy atom. The molecular formula is C15H20ClN3OS. The first-order valence-electron chi connectivity index (χ1n) is 7.40. The Balaban J connectivity index is 1.54. The first kappa shape index (κ1) is 14.9. The second kappa shape index (κ2) is 6.38. The zero-order valence-corrected chi connectivity index (χ0v) is 13.8. The number of halogens is 1. The lowest BCUT2D eigenvalue weighted by Gasteiger charge is -2.14. The van der Waals surface area contributed by atoms with Crippen molar-refractivity contribution in [2.75, 3.05) is 26.2 Å². The summed E-state index contributed by atoms with van der Waals surface area (Å²) in [6.07, 6.45) is 3.64. The van der Waals surface area contributed by atoms with E-state index in [1.807, 2.05) is 23.7 Å². The number of aryl methyl sites for hydroxylation is 1. The van der Waals surface area contributed by atoms with E-state index in [4.69, 9.17) is 11.6 Å². The molecule has 3 heterocycles. The highest BCUT2D eigenvalue weighted by Crippen LogP contribution is 2.31. The van der Waals surface area contributed by atoms with Gasteiger partial charge in [-0.1, -0.05) is 11.6 Å². The molecule has 114 valence electrons. The molecule has 0 spiro atoms. The van der Waals surface area contributed by atoms with Gasteiger partial charge in [-0.15, -0.1) is 11.3 Å². The molecule has 1 fully saturated rings. The highest BCUT2D eigenvalue weighted by Gasteiger charge is 2.15. The Hall–Kier alpha value is -1.04. The summed E-state index contributed by atoms with van der Waals surface area (Å²) < 4.78 is 3.73. The predicted molar refractivity (Wildman–Crippen MR) is 88.4 cm³/mol. The van der Waals surface area contributed by atoms with Crippen molar-refractivity contribution in [3.05, 3.63) is 22.2 Å². The number of nitrogens with one attached hydrogen (secondary N) is 1. The fourth-order valence-electron chi connectivity index (χ4n) is 2.90. The molecule has 0 aliphatic carbocycles. The van der Waals surface area contributed by atoms with Crippen LogP contribution in [-0.4, -0.2) is 41.6 Å². The van der Waals surface area contributed by atoms with Gasteiger partial charge in [0.15, 0.2) is 0 Å². The van der Waals surface area contributed by atoms with Crippen LogP contribution in [-0.2, 0) is 7.05 Å². The highest BCUT2D eigenvalue weighted by atomic mass is 35.5. The third-order valence-electron chi connectivity index (χ3n) is 4.07. The maximum Gasteiger partial charge on any atom is 0.267 e. The van der Waals surface area contributed by atoms with Crippen LogP contribution in [0, 0.1) is 0 Å². The molecule has 2 aromatic rings. The summed E-state index contributed by atoms with van der Waals surface area (Å²) in [6.45, 7) is 4.23. The molecule has 0 radical (unpaired) electrons. The second-order valence-electron chi connectivity index (χ2n) is 5.55. The molecular weight excluding hydrogens is 306 g/mol. The average Bonchev–Trinajstić information content (AvgIpc) is 3.14. The topological polar surface area (TPSA) is 37.3 Å². The number of fused-ring (bicyclic) bond motifs is 1. The lowest BCUT2D eigenvalue weighted by Crippen LogP contribution is -2.29. The molecule has 1 amide bonds. The quantitative estimate of drug-likeness (QED) is 0.858. The third kappa shape index (κ3) is 3.25. The van der Waals surface area contributed by atoms with Crippen LogP contribution >= 0.6 is 22.9 Å². The molecule has 1 aliphatic heterocycles. The SMILES string of the molecule is Cn1c(C(=O)NCCCN2CCCC2)cc2sc(Cl)cc21. The maximum absolute atomic E-state index is 12.2. The van der Waals surface area contributed by atoms with E-state index in [9.17, 15) is 4.79 Å². The van der Waals surface area contributed by atoms with Crippen molar-refractivity contribution in [3.8, 4) is 0 Å². The van der Waals surface area contributed by atoms with Crippen molar-refractivity contribution in [1.29, 1.82) is 0 Å². The number of nitrogens with zero attached hydrogens (tertiary/aromatic N) is 2. The Morgan fingerprint density at radius 2 is 2.14 bits per heavy atom. The number of likely N-dealkylation sites (tertiary alicyclic amines) is 1. The minimum absolute atomic E-state index is 0.00144. The van der Waals surface area contributed by atoms with Gasteiger partial charge in [-0.3, -0.25) is 4.79 Å². The van der Waals surface area contributed by atoms with Crippen molar-refractivity contribution in [1.82, 2.24) is 14.8 Å². The monoisotopic (exact) mass is 325 g/mol. The van der Waals surface area contributed by atoms with Crippen molar-refractivity contribution < 1.29 is 4.79 Å². The van der Waals surface area contributed by atoms with Gasteiger partial charge in [-0.25, -0.2) is 0 Å². The normalized spacial score (nSPS) is 15.9. The van der Waals surface area contributed by atoms with Crippen LogP contribution in [0.2, 0.25) is 4.34 Å². The van der Waals surface area contributed by atoms with E-state index in [1.165, 1.54) is 37.3 Å². The molecule has 0 unspecified atom stereocenters. The van der Waals surface area contributed by atoms with E-state index in [-0.39, 0.29) is 5.91 Å². The van der Waals surface area contributed by atoms with Crippen molar-refractivity contribution in [3.63, 3.8) is 0 Å². The number of hydrogen-bond donors (Lipinski definition) is 1. The van der Waals surface area contributed by atoms with Gasteiger partial charge >= 0.3 is 0 Å². The summed E-state index contributed by atoms with van der Waals surface area (Å²) in [5.41, 5.74) is 1.72. The summed E-state index contributed by atoms with van der Waals surface area (Å²) in [6, 6.07) is 3.83. The van der Waals surface area contributed by atoms with Crippen molar-refractivity contribution >= 4 is 39.1 Å². The Morgan fingerprint density at radius 3 is 2.86 bits per heavy atom. The lowest BCUT2D eigenvalue weighted by molar-refractivity contribution is 0.0944. The van der Waals surface area contributed by atoms with Crippen LogP contribution < -0.4 is 5.32 Å². The Kier molecular flexibility index (Phi) is 4.52. The minimum Gasteiger partial charge on any atom is -0.351 e. The van der Waals surface area contributed by atoms with Crippen molar-refractivity contribution in [2.24, 2.45) is 7.05 Å². The average molecular weight is 326 g/mol. The van der Waals surface area contributed by atoms with Crippen molar-refractivity contribution in [2.45, 2.75) is 19.3 Å². The van der Waals surface area contributed by atoms with Gasteiger partial charge in [0.2, 0.25) is 0 Å². The largest absolute Gasteiger partial charge is 0.351 e. The molecule has 2 aromatic heterocycles. The van der Waals surface area contributed by atoms with Crippen LogP contribution in [0.25, 0.3) is 10.2 Å². The molecule has 0 aromatic carbocycles. The molecule has 6 heteroatoms. The number of rotatable bonds is 5. The minimum atomic E-state index is -0.00144. The van der Waals surface area contributed by atoms with E-state index in [0.717, 1.165) is 34.1 Å². The molecule has 0 bridgehead atoms. The number of hydrogen-bond acceptors (Lipinski definition) is 3.